The van der Waals surface area contributed by atoms with Crippen molar-refractivity contribution in [2.75, 3.05) is 0 Å². The van der Waals surface area contributed by atoms with E-state index in [0.29, 0.717) is 0 Å². The van der Waals surface area contributed by atoms with Crippen molar-refractivity contribution in [3.63, 3.8) is 0 Å². The van der Waals surface area contributed by atoms with E-state index in [1.807, 2.05) is 12.1 Å². The van der Waals surface area contributed by atoms with Gasteiger partial charge in [-0.15, -0.1) is 0 Å². The summed E-state index contributed by atoms with van der Waals surface area (Å²) in [7, 11) is 0. The van der Waals surface area contributed by atoms with E-state index in [2.05, 4.69) is 141 Å². The molecule has 0 bridgehead atoms. The molecule has 3 heteroatoms. The van der Waals surface area contributed by atoms with E-state index in [0.717, 1.165) is 46.0 Å². The fraction of sp³-hybridized carbons (Fsp3) is 0.114. The fourth-order valence-corrected chi connectivity index (χ4v) is 8.45. The highest BCUT2D eigenvalue weighted by molar-refractivity contribution is 6.22. The number of imidazole rings is 1. The largest absolute Gasteiger partial charge is 0.453 e. The smallest absolute Gasteiger partial charge is 0.153 e. The van der Waals surface area contributed by atoms with Crippen molar-refractivity contribution in [3.8, 4) is 50.6 Å². The van der Waals surface area contributed by atoms with Crippen molar-refractivity contribution in [2.24, 2.45) is 0 Å². The minimum absolute atomic E-state index is 0.0694. The highest BCUT2D eigenvalue weighted by atomic mass is 16.5. The summed E-state index contributed by atoms with van der Waals surface area (Å²) in [6.45, 7) is 6.90. The Morgan fingerprint density at radius 1 is 0.596 bits per heavy atom. The van der Waals surface area contributed by atoms with E-state index in [4.69, 9.17) is 9.72 Å². The van der Waals surface area contributed by atoms with Gasteiger partial charge in [0, 0.05) is 17.4 Å². The summed E-state index contributed by atoms with van der Waals surface area (Å²) in [4.78, 5) is 5.05. The lowest BCUT2D eigenvalue weighted by molar-refractivity contribution is 0.474. The lowest BCUT2D eigenvalue weighted by Crippen LogP contribution is -2.14. The molecule has 47 heavy (non-hydrogen) atoms. The third-order valence-electron chi connectivity index (χ3n) is 10.5. The summed E-state index contributed by atoms with van der Waals surface area (Å²) in [5.41, 5.74) is 13.4. The second-order valence-electron chi connectivity index (χ2n) is 13.4. The molecule has 2 heterocycles. The van der Waals surface area contributed by atoms with Gasteiger partial charge >= 0.3 is 0 Å². The number of rotatable bonds is 3. The van der Waals surface area contributed by atoms with Crippen LogP contribution in [0.4, 0.5) is 0 Å². The Morgan fingerprint density at radius 3 is 1.96 bits per heavy atom. The van der Waals surface area contributed by atoms with Crippen LogP contribution in [0, 0.1) is 0 Å². The van der Waals surface area contributed by atoms with Gasteiger partial charge in [0.2, 0.25) is 0 Å². The van der Waals surface area contributed by atoms with Crippen LogP contribution in [-0.2, 0) is 11.8 Å². The topological polar surface area (TPSA) is 27.1 Å². The monoisotopic (exact) mass is 604 g/mol. The number of para-hydroxylation sites is 2. The lowest BCUT2D eigenvalue weighted by atomic mass is 9.80. The third kappa shape index (κ3) is 3.49. The van der Waals surface area contributed by atoms with Crippen LogP contribution in [-0.4, -0.2) is 9.55 Å². The van der Waals surface area contributed by atoms with Crippen LogP contribution in [0.1, 0.15) is 37.7 Å². The maximum absolute atomic E-state index is 6.61. The Morgan fingerprint density at radius 2 is 1.21 bits per heavy atom. The molecule has 3 nitrogen and oxygen atoms in total. The van der Waals surface area contributed by atoms with E-state index in [1.54, 1.807) is 0 Å². The Bertz CT molecular complexity index is 2570. The third-order valence-corrected chi connectivity index (χ3v) is 10.5. The zero-order chi connectivity index (χ0) is 31.4. The maximum Gasteiger partial charge on any atom is 0.153 e. The average Bonchev–Trinajstić information content (AvgIpc) is 3.60. The molecule has 0 unspecified atom stereocenters. The zero-order valence-corrected chi connectivity index (χ0v) is 26.6. The van der Waals surface area contributed by atoms with Crippen LogP contribution < -0.4 is 4.74 Å². The number of hydrogen-bond donors (Lipinski definition) is 0. The van der Waals surface area contributed by atoms with Crippen molar-refractivity contribution < 1.29 is 4.74 Å². The van der Waals surface area contributed by atoms with Gasteiger partial charge in [-0.2, -0.15) is 0 Å². The summed E-state index contributed by atoms with van der Waals surface area (Å²) < 4.78 is 8.96. The molecular weight excluding hydrogens is 572 g/mol. The Labute approximate surface area is 273 Å². The van der Waals surface area contributed by atoms with E-state index in [1.165, 1.54) is 60.5 Å². The van der Waals surface area contributed by atoms with Crippen LogP contribution in [0.5, 0.6) is 11.5 Å². The first-order chi connectivity index (χ1) is 23.0. The number of aromatic nitrogens is 2. The summed E-state index contributed by atoms with van der Waals surface area (Å²) in [6.07, 6.45) is 0.820. The predicted molar refractivity (Wildman–Crippen MR) is 194 cm³/mol. The minimum Gasteiger partial charge on any atom is -0.453 e. The Hall–Kier alpha value is -5.67. The Kier molecular flexibility index (Phi) is 5.33. The zero-order valence-electron chi connectivity index (χ0n) is 26.6. The molecule has 0 saturated heterocycles. The van der Waals surface area contributed by atoms with E-state index in [-0.39, 0.29) is 5.41 Å². The van der Waals surface area contributed by atoms with Crippen molar-refractivity contribution in [3.05, 3.63) is 144 Å². The summed E-state index contributed by atoms with van der Waals surface area (Å²) in [5, 5.41) is 4.95. The van der Waals surface area contributed by atoms with Crippen molar-refractivity contribution >= 4 is 32.6 Å². The molecule has 10 rings (SSSR count). The highest BCUT2D eigenvalue weighted by Crippen LogP contribution is 2.53. The fourth-order valence-electron chi connectivity index (χ4n) is 8.45. The van der Waals surface area contributed by atoms with Gasteiger partial charge in [0.05, 0.1) is 11.2 Å². The molecular formula is C44H32N2O. The molecule has 0 radical (unpaired) electrons. The summed E-state index contributed by atoms with van der Waals surface area (Å²) in [6, 6.07) is 46.5. The molecule has 8 aromatic rings. The molecule has 0 saturated carbocycles. The van der Waals surface area contributed by atoms with Crippen molar-refractivity contribution in [1.29, 1.82) is 0 Å². The molecule has 2 aliphatic rings. The second kappa shape index (κ2) is 9.43. The molecule has 0 N–H and O–H groups in total. The van der Waals surface area contributed by atoms with Gasteiger partial charge in [0.1, 0.15) is 11.3 Å². The molecule has 224 valence electrons. The molecule has 0 amide bonds. The molecule has 0 spiro atoms. The second-order valence-corrected chi connectivity index (χ2v) is 13.4. The number of benzene rings is 7. The van der Waals surface area contributed by atoms with E-state index in [9.17, 15) is 0 Å². The van der Waals surface area contributed by atoms with Gasteiger partial charge < -0.3 is 4.74 Å². The van der Waals surface area contributed by atoms with Crippen LogP contribution in [0.3, 0.4) is 0 Å². The Balaban J connectivity index is 1.29. The molecule has 1 aliphatic carbocycles. The summed E-state index contributed by atoms with van der Waals surface area (Å²) >= 11 is 0. The van der Waals surface area contributed by atoms with Gasteiger partial charge in [0.15, 0.2) is 11.5 Å². The number of nitrogens with zero attached hydrogens (tertiary/aromatic N) is 2. The maximum atomic E-state index is 6.61. The lowest BCUT2D eigenvalue weighted by Gasteiger charge is -2.26. The van der Waals surface area contributed by atoms with Crippen molar-refractivity contribution in [2.45, 2.75) is 32.6 Å². The number of fused-ring (bicyclic) bond motifs is 7. The SMILES string of the molecule is CCc1nc2cccc3c2n1-c1c(cccc1-c1c2ccccc2c(-c2ccc4c(c2)C(C)(C)c2ccccc2-4)c2ccccc12)O3. The van der Waals surface area contributed by atoms with Crippen LogP contribution >= 0.6 is 0 Å². The highest BCUT2D eigenvalue weighted by Gasteiger charge is 2.35. The van der Waals surface area contributed by atoms with E-state index >= 15 is 0 Å². The normalized spacial score (nSPS) is 13.9. The van der Waals surface area contributed by atoms with Gasteiger partial charge in [-0.25, -0.2) is 4.98 Å². The van der Waals surface area contributed by atoms with Gasteiger partial charge in [0.25, 0.3) is 0 Å². The van der Waals surface area contributed by atoms with Gasteiger partial charge in [-0.1, -0.05) is 124 Å². The van der Waals surface area contributed by atoms with Gasteiger partial charge in [-0.05, 0) is 84.8 Å². The molecule has 7 aromatic carbocycles. The van der Waals surface area contributed by atoms with Crippen LogP contribution in [0.25, 0.3) is 71.6 Å². The average molecular weight is 605 g/mol. The first-order valence-corrected chi connectivity index (χ1v) is 16.5. The standard InChI is InChI=1S/C44H32N2O/c1-4-39-45-36-20-12-22-38-43(36)46(39)42-33(18-11-21-37(42)47-38)41-31-16-7-5-14-29(31)40(30-15-6-8-17-32(30)41)26-23-24-28-27-13-9-10-19-34(27)44(2,3)35(28)25-26/h5-25H,4H2,1-3H3. The van der Waals surface area contributed by atoms with Gasteiger partial charge in [-0.3, -0.25) is 4.57 Å². The van der Waals surface area contributed by atoms with Crippen LogP contribution in [0.2, 0.25) is 0 Å². The summed E-state index contributed by atoms with van der Waals surface area (Å²) in [5.74, 6) is 2.75. The first kappa shape index (κ1) is 26.5. The first-order valence-electron chi connectivity index (χ1n) is 16.5. The van der Waals surface area contributed by atoms with Crippen molar-refractivity contribution in [1.82, 2.24) is 9.55 Å². The number of hydrogen-bond acceptors (Lipinski definition) is 2. The number of aryl methyl sites for hydroxylation is 1. The van der Waals surface area contributed by atoms with Crippen LogP contribution in [0.15, 0.2) is 127 Å². The molecule has 1 aromatic heterocycles. The molecule has 0 atom stereocenters. The molecule has 0 fully saturated rings. The number of ether oxygens (including phenoxy) is 1. The van der Waals surface area contributed by atoms with E-state index < -0.39 is 0 Å². The molecule has 1 aliphatic heterocycles. The predicted octanol–water partition coefficient (Wildman–Crippen LogP) is 11.6. The quantitative estimate of drug-likeness (QED) is 0.188. The minimum atomic E-state index is -0.0694.